The van der Waals surface area contributed by atoms with Gasteiger partial charge in [-0.3, -0.25) is 4.79 Å². The molecule has 0 unspecified atom stereocenters. The molecule has 3 rings (SSSR count). The number of aromatic nitrogens is 2. The van der Waals surface area contributed by atoms with E-state index in [0.717, 1.165) is 0 Å². The Morgan fingerprint density at radius 1 is 1.12 bits per heavy atom. The third kappa shape index (κ3) is 3.41. The first-order valence-electron chi connectivity index (χ1n) is 7.38. The molecule has 24 heavy (non-hydrogen) atoms. The highest BCUT2D eigenvalue weighted by atomic mass is 35.5. The Kier molecular flexibility index (Phi) is 4.53. The van der Waals surface area contributed by atoms with Gasteiger partial charge in [-0.25, -0.2) is 4.68 Å². The SMILES string of the molecule is Cc1nn(C)c(Oc2ccc(Cl)cc2)c1C(=O)Nc1ccccc1. The molecule has 1 N–H and O–H groups in total. The van der Waals surface area contributed by atoms with E-state index in [4.69, 9.17) is 16.3 Å². The van der Waals surface area contributed by atoms with Crippen molar-refractivity contribution in [1.82, 2.24) is 9.78 Å². The van der Waals surface area contributed by atoms with Crippen LogP contribution in [0.4, 0.5) is 5.69 Å². The number of rotatable bonds is 4. The molecule has 0 radical (unpaired) electrons. The number of amides is 1. The van der Waals surface area contributed by atoms with Crippen LogP contribution in [-0.2, 0) is 7.05 Å². The molecule has 0 atom stereocenters. The number of anilines is 1. The minimum Gasteiger partial charge on any atom is -0.438 e. The van der Waals surface area contributed by atoms with E-state index >= 15 is 0 Å². The molecule has 1 amide bonds. The average molecular weight is 342 g/mol. The number of carbonyl (C=O) groups excluding carboxylic acids is 1. The van der Waals surface area contributed by atoms with Crippen molar-refractivity contribution >= 4 is 23.2 Å². The summed E-state index contributed by atoms with van der Waals surface area (Å²) < 4.78 is 7.40. The Hall–Kier alpha value is -2.79. The van der Waals surface area contributed by atoms with Crippen LogP contribution in [0.25, 0.3) is 0 Å². The summed E-state index contributed by atoms with van der Waals surface area (Å²) in [6.07, 6.45) is 0. The van der Waals surface area contributed by atoms with Gasteiger partial charge in [-0.2, -0.15) is 5.10 Å². The zero-order valence-electron chi connectivity index (χ0n) is 13.3. The number of halogens is 1. The lowest BCUT2D eigenvalue weighted by Gasteiger charge is -2.09. The number of hydrogen-bond donors (Lipinski definition) is 1. The molecule has 2 aromatic carbocycles. The minimum atomic E-state index is -0.268. The van der Waals surface area contributed by atoms with Gasteiger partial charge in [0, 0.05) is 17.8 Å². The molecule has 0 saturated carbocycles. The van der Waals surface area contributed by atoms with Crippen molar-refractivity contribution in [3.05, 3.63) is 70.9 Å². The van der Waals surface area contributed by atoms with E-state index in [1.807, 2.05) is 30.3 Å². The van der Waals surface area contributed by atoms with Crippen molar-refractivity contribution in [1.29, 1.82) is 0 Å². The second-order valence-electron chi connectivity index (χ2n) is 5.27. The van der Waals surface area contributed by atoms with Gasteiger partial charge in [0.15, 0.2) is 0 Å². The molecule has 3 aromatic rings. The third-order valence-electron chi connectivity index (χ3n) is 3.46. The first-order chi connectivity index (χ1) is 11.5. The van der Waals surface area contributed by atoms with E-state index in [-0.39, 0.29) is 5.91 Å². The third-order valence-corrected chi connectivity index (χ3v) is 3.71. The van der Waals surface area contributed by atoms with Crippen LogP contribution in [0.1, 0.15) is 16.1 Å². The van der Waals surface area contributed by atoms with Gasteiger partial charge >= 0.3 is 0 Å². The molecule has 1 aromatic heterocycles. The molecular weight excluding hydrogens is 326 g/mol. The summed E-state index contributed by atoms with van der Waals surface area (Å²) in [5.41, 5.74) is 1.70. The van der Waals surface area contributed by atoms with Gasteiger partial charge in [0.25, 0.3) is 5.91 Å². The fraction of sp³-hybridized carbons (Fsp3) is 0.111. The average Bonchev–Trinajstić information content (AvgIpc) is 2.84. The second kappa shape index (κ2) is 6.76. The Balaban J connectivity index is 1.90. The lowest BCUT2D eigenvalue weighted by molar-refractivity contribution is 0.102. The highest BCUT2D eigenvalue weighted by Crippen LogP contribution is 2.28. The zero-order chi connectivity index (χ0) is 17.1. The van der Waals surface area contributed by atoms with Gasteiger partial charge in [0.05, 0.1) is 5.69 Å². The quantitative estimate of drug-likeness (QED) is 0.764. The van der Waals surface area contributed by atoms with E-state index in [1.165, 1.54) is 0 Å². The molecule has 0 aliphatic heterocycles. The van der Waals surface area contributed by atoms with Gasteiger partial charge < -0.3 is 10.1 Å². The van der Waals surface area contributed by atoms with Gasteiger partial charge in [0.2, 0.25) is 5.88 Å². The number of nitrogens with one attached hydrogen (secondary N) is 1. The van der Waals surface area contributed by atoms with E-state index in [9.17, 15) is 4.79 Å². The summed E-state index contributed by atoms with van der Waals surface area (Å²) in [6, 6.07) is 16.2. The van der Waals surface area contributed by atoms with Crippen molar-refractivity contribution in [3.63, 3.8) is 0 Å². The largest absolute Gasteiger partial charge is 0.438 e. The van der Waals surface area contributed by atoms with Gasteiger partial charge in [-0.1, -0.05) is 29.8 Å². The summed E-state index contributed by atoms with van der Waals surface area (Å²) in [5, 5.41) is 7.76. The molecule has 6 heteroatoms. The predicted molar refractivity (Wildman–Crippen MR) is 93.9 cm³/mol. The van der Waals surface area contributed by atoms with Crippen LogP contribution in [0, 0.1) is 6.92 Å². The monoisotopic (exact) mass is 341 g/mol. The molecule has 0 aliphatic rings. The number of ether oxygens (including phenoxy) is 1. The van der Waals surface area contributed by atoms with Gasteiger partial charge in [-0.15, -0.1) is 0 Å². The molecule has 122 valence electrons. The zero-order valence-corrected chi connectivity index (χ0v) is 14.0. The first-order valence-corrected chi connectivity index (χ1v) is 7.76. The van der Waals surface area contributed by atoms with Crippen LogP contribution >= 0.6 is 11.6 Å². The van der Waals surface area contributed by atoms with E-state index in [1.54, 1.807) is 42.9 Å². The maximum absolute atomic E-state index is 12.6. The topological polar surface area (TPSA) is 56.2 Å². The molecule has 0 spiro atoms. The summed E-state index contributed by atoms with van der Waals surface area (Å²) in [7, 11) is 1.73. The van der Waals surface area contributed by atoms with Crippen LogP contribution in [0.3, 0.4) is 0 Å². The highest BCUT2D eigenvalue weighted by Gasteiger charge is 2.22. The fourth-order valence-corrected chi connectivity index (χ4v) is 2.47. The predicted octanol–water partition coefficient (Wildman–Crippen LogP) is 4.43. The van der Waals surface area contributed by atoms with E-state index in [0.29, 0.717) is 33.6 Å². The lowest BCUT2D eigenvalue weighted by atomic mass is 10.2. The normalized spacial score (nSPS) is 10.5. The number of benzene rings is 2. The van der Waals surface area contributed by atoms with E-state index < -0.39 is 0 Å². The Labute approximate surface area is 144 Å². The standard InChI is InChI=1S/C18H16ClN3O2/c1-12-16(17(23)20-14-6-4-3-5-7-14)18(22(2)21-12)24-15-10-8-13(19)9-11-15/h3-11H,1-2H3,(H,20,23). The number of aryl methyl sites for hydroxylation is 2. The maximum atomic E-state index is 12.6. The minimum absolute atomic E-state index is 0.268. The van der Waals surface area contributed by atoms with Crippen molar-refractivity contribution in [3.8, 4) is 11.6 Å². The van der Waals surface area contributed by atoms with Crippen LogP contribution in [-0.4, -0.2) is 15.7 Å². The van der Waals surface area contributed by atoms with E-state index in [2.05, 4.69) is 10.4 Å². The molecule has 0 aliphatic carbocycles. The number of para-hydroxylation sites is 1. The van der Waals surface area contributed by atoms with Crippen molar-refractivity contribution in [2.75, 3.05) is 5.32 Å². The fourth-order valence-electron chi connectivity index (χ4n) is 2.34. The van der Waals surface area contributed by atoms with Crippen molar-refractivity contribution in [2.24, 2.45) is 7.05 Å². The van der Waals surface area contributed by atoms with Crippen LogP contribution < -0.4 is 10.1 Å². The van der Waals surface area contributed by atoms with Crippen LogP contribution in [0.5, 0.6) is 11.6 Å². The van der Waals surface area contributed by atoms with Crippen LogP contribution in [0.15, 0.2) is 54.6 Å². The molecule has 0 saturated heterocycles. The molecule has 0 bridgehead atoms. The summed E-state index contributed by atoms with van der Waals surface area (Å²) in [4.78, 5) is 12.6. The summed E-state index contributed by atoms with van der Waals surface area (Å²) in [5.74, 6) is 0.690. The number of carbonyl (C=O) groups is 1. The Morgan fingerprint density at radius 3 is 2.46 bits per heavy atom. The molecule has 5 nitrogen and oxygen atoms in total. The highest BCUT2D eigenvalue weighted by molar-refractivity contribution is 6.30. The van der Waals surface area contributed by atoms with Gasteiger partial charge in [0.1, 0.15) is 11.3 Å². The Bertz CT molecular complexity index is 858. The summed E-state index contributed by atoms with van der Waals surface area (Å²) >= 11 is 5.88. The second-order valence-corrected chi connectivity index (χ2v) is 5.70. The lowest BCUT2D eigenvalue weighted by Crippen LogP contribution is -2.13. The molecule has 0 fully saturated rings. The maximum Gasteiger partial charge on any atom is 0.263 e. The van der Waals surface area contributed by atoms with Crippen molar-refractivity contribution in [2.45, 2.75) is 6.92 Å². The smallest absolute Gasteiger partial charge is 0.263 e. The van der Waals surface area contributed by atoms with Crippen LogP contribution in [0.2, 0.25) is 5.02 Å². The van der Waals surface area contributed by atoms with Gasteiger partial charge in [-0.05, 0) is 43.3 Å². The summed E-state index contributed by atoms with van der Waals surface area (Å²) in [6.45, 7) is 1.77. The Morgan fingerprint density at radius 2 is 1.79 bits per heavy atom. The first kappa shape index (κ1) is 16.1. The molecule has 1 heterocycles. The number of nitrogens with zero attached hydrogens (tertiary/aromatic N) is 2. The van der Waals surface area contributed by atoms with Crippen molar-refractivity contribution < 1.29 is 9.53 Å². The number of hydrogen-bond acceptors (Lipinski definition) is 3. The molecular formula is C18H16ClN3O2.